The zero-order valence-electron chi connectivity index (χ0n) is 19.3. The van der Waals surface area contributed by atoms with Crippen molar-refractivity contribution in [3.63, 3.8) is 0 Å². The molecule has 8 nitrogen and oxygen atoms in total. The molecule has 1 heterocycles. The lowest BCUT2D eigenvalue weighted by atomic mass is 10.0. The first-order valence-electron chi connectivity index (χ1n) is 11.2. The van der Waals surface area contributed by atoms with E-state index in [0.717, 1.165) is 33.3 Å². The molecule has 1 N–H and O–H groups in total. The number of carbonyl (C=O) groups is 1. The topological polar surface area (TPSA) is 102 Å². The summed E-state index contributed by atoms with van der Waals surface area (Å²) in [5, 5.41) is 21.7. The molecule has 0 aliphatic heterocycles. The van der Waals surface area contributed by atoms with Crippen LogP contribution in [0.3, 0.4) is 0 Å². The van der Waals surface area contributed by atoms with E-state index in [4.69, 9.17) is 0 Å². The Labute approximate surface area is 206 Å². The fourth-order valence-electron chi connectivity index (χ4n) is 3.87. The lowest BCUT2D eigenvalue weighted by Crippen LogP contribution is -2.18. The second kappa shape index (κ2) is 9.63. The molecule has 4 aromatic carbocycles. The Morgan fingerprint density at radius 1 is 0.944 bits per heavy atom. The van der Waals surface area contributed by atoms with Crippen LogP contribution in [0.2, 0.25) is 0 Å². The number of hydrogen-bond donors (Lipinski definition) is 1. The molecule has 1 amide bonds. The summed E-state index contributed by atoms with van der Waals surface area (Å²) in [4.78, 5) is 23.4. The van der Waals surface area contributed by atoms with E-state index >= 15 is 0 Å². The normalized spacial score (nSPS) is 11.1. The van der Waals surface area contributed by atoms with Crippen molar-refractivity contribution >= 4 is 28.6 Å². The molecule has 0 aliphatic rings. The number of aryl methyl sites for hydroxylation is 1. The number of carbonyl (C=O) groups excluding carboxylic acids is 1. The average Bonchev–Trinajstić information content (AvgIpc) is 3.35. The number of hydrazone groups is 1. The monoisotopic (exact) mass is 475 g/mol. The first-order valence-corrected chi connectivity index (χ1v) is 11.2. The molecule has 0 unspecified atom stereocenters. The molecule has 0 spiro atoms. The molecule has 0 aliphatic carbocycles. The number of aromatic nitrogens is 2. The van der Waals surface area contributed by atoms with E-state index in [2.05, 4.69) is 27.8 Å². The minimum Gasteiger partial charge on any atom is -0.265 e. The largest absolute Gasteiger partial charge is 0.291 e. The third kappa shape index (κ3) is 4.74. The number of amides is 1. The van der Waals surface area contributed by atoms with Crippen LogP contribution < -0.4 is 5.43 Å². The van der Waals surface area contributed by atoms with Gasteiger partial charge in [-0.2, -0.15) is 10.2 Å². The highest BCUT2D eigenvalue weighted by atomic mass is 16.6. The Morgan fingerprint density at radius 3 is 2.50 bits per heavy atom. The van der Waals surface area contributed by atoms with Gasteiger partial charge in [-0.3, -0.25) is 14.9 Å². The quantitative estimate of drug-likeness (QED) is 0.194. The number of nitrogens with one attached hydrogen (secondary N) is 1. The molecular weight excluding hydrogens is 454 g/mol. The third-order valence-electron chi connectivity index (χ3n) is 5.73. The number of nitrogens with zero attached hydrogens (tertiary/aromatic N) is 4. The van der Waals surface area contributed by atoms with Crippen LogP contribution in [0.5, 0.6) is 0 Å². The number of fused-ring (bicyclic) bond motifs is 1. The zero-order valence-corrected chi connectivity index (χ0v) is 19.3. The smallest absolute Gasteiger partial charge is 0.265 e. The van der Waals surface area contributed by atoms with Crippen LogP contribution >= 0.6 is 0 Å². The SMILES string of the molecule is Cc1ccc(-n2nc(C(=O)N/N=C\c3cccc([N+](=O)[O-])c3)cc2-c2ccc3ccccc3c2)cc1. The average molecular weight is 476 g/mol. The fraction of sp³-hybridized carbons (Fsp3) is 0.0357. The highest BCUT2D eigenvalue weighted by Gasteiger charge is 2.17. The predicted molar refractivity (Wildman–Crippen MR) is 139 cm³/mol. The van der Waals surface area contributed by atoms with Gasteiger partial charge in [0.25, 0.3) is 11.6 Å². The number of nitro benzene ring substituents is 1. The Hall–Kier alpha value is -5.11. The number of non-ortho nitro benzene ring substituents is 1. The molecule has 5 rings (SSSR count). The molecule has 0 saturated heterocycles. The van der Waals surface area contributed by atoms with Crippen LogP contribution in [0.1, 0.15) is 21.6 Å². The molecule has 1 aromatic heterocycles. The predicted octanol–water partition coefficient (Wildman–Crippen LogP) is 5.67. The fourth-order valence-corrected chi connectivity index (χ4v) is 3.87. The molecule has 0 saturated carbocycles. The molecule has 36 heavy (non-hydrogen) atoms. The van der Waals surface area contributed by atoms with Gasteiger partial charge in [0.05, 0.1) is 22.5 Å². The molecule has 0 fully saturated rings. The van der Waals surface area contributed by atoms with E-state index in [1.54, 1.807) is 22.9 Å². The molecule has 5 aromatic rings. The summed E-state index contributed by atoms with van der Waals surface area (Å²) < 4.78 is 1.74. The second-order valence-corrected chi connectivity index (χ2v) is 8.28. The molecule has 8 heteroatoms. The van der Waals surface area contributed by atoms with Crippen molar-refractivity contribution in [1.82, 2.24) is 15.2 Å². The number of benzene rings is 4. The summed E-state index contributed by atoms with van der Waals surface area (Å²) in [5.41, 5.74) is 6.71. The maximum atomic E-state index is 12.9. The van der Waals surface area contributed by atoms with E-state index in [0.29, 0.717) is 5.56 Å². The number of rotatable bonds is 6. The van der Waals surface area contributed by atoms with Crippen molar-refractivity contribution in [2.24, 2.45) is 5.10 Å². The summed E-state index contributed by atoms with van der Waals surface area (Å²) >= 11 is 0. The van der Waals surface area contributed by atoms with Crippen LogP contribution in [0.15, 0.2) is 102 Å². The van der Waals surface area contributed by atoms with Gasteiger partial charge in [0.1, 0.15) is 0 Å². The minimum absolute atomic E-state index is 0.0536. The van der Waals surface area contributed by atoms with Gasteiger partial charge >= 0.3 is 0 Å². The van der Waals surface area contributed by atoms with Gasteiger partial charge in [-0.05, 0) is 42.0 Å². The van der Waals surface area contributed by atoms with Crippen molar-refractivity contribution in [2.75, 3.05) is 0 Å². The highest BCUT2D eigenvalue weighted by molar-refractivity contribution is 5.95. The van der Waals surface area contributed by atoms with Gasteiger partial charge in [-0.15, -0.1) is 0 Å². The maximum Gasteiger partial charge on any atom is 0.291 e. The first-order chi connectivity index (χ1) is 17.5. The number of nitro groups is 1. The molecule has 176 valence electrons. The van der Waals surface area contributed by atoms with E-state index in [9.17, 15) is 14.9 Å². The summed E-state index contributed by atoms with van der Waals surface area (Å²) in [5.74, 6) is -0.496. The minimum atomic E-state index is -0.496. The van der Waals surface area contributed by atoms with Gasteiger partial charge in [0.15, 0.2) is 5.69 Å². The van der Waals surface area contributed by atoms with Crippen LogP contribution in [-0.2, 0) is 0 Å². The Balaban J connectivity index is 1.47. The van der Waals surface area contributed by atoms with Crippen LogP contribution in [0, 0.1) is 17.0 Å². The van der Waals surface area contributed by atoms with Gasteiger partial charge in [0.2, 0.25) is 0 Å². The maximum absolute atomic E-state index is 12.9. The molecule has 0 bridgehead atoms. The van der Waals surface area contributed by atoms with Crippen LogP contribution in [-0.4, -0.2) is 26.8 Å². The lowest BCUT2D eigenvalue weighted by Gasteiger charge is -2.09. The summed E-state index contributed by atoms with van der Waals surface area (Å²) in [7, 11) is 0. The van der Waals surface area contributed by atoms with E-state index in [-0.39, 0.29) is 11.4 Å². The van der Waals surface area contributed by atoms with Crippen molar-refractivity contribution in [1.29, 1.82) is 0 Å². The standard InChI is InChI=1S/C28H21N5O3/c1-19-9-13-24(14-10-19)32-27(23-12-11-21-6-2-3-7-22(21)16-23)17-26(31-32)28(34)30-29-18-20-5-4-8-25(15-20)33(35)36/h2-18H,1H3,(H,30,34)/b29-18-. The van der Waals surface area contributed by atoms with Gasteiger partial charge in [-0.25, -0.2) is 10.1 Å². The zero-order chi connectivity index (χ0) is 25.1. The molecule has 0 atom stereocenters. The van der Waals surface area contributed by atoms with E-state index in [1.807, 2.05) is 61.5 Å². The third-order valence-corrected chi connectivity index (χ3v) is 5.73. The van der Waals surface area contributed by atoms with E-state index < -0.39 is 10.8 Å². The number of hydrogen-bond acceptors (Lipinski definition) is 5. The summed E-state index contributed by atoms with van der Waals surface area (Å²) in [6.07, 6.45) is 1.35. The van der Waals surface area contributed by atoms with Crippen molar-refractivity contribution in [3.05, 3.63) is 124 Å². The Morgan fingerprint density at radius 2 is 1.72 bits per heavy atom. The Kier molecular flexibility index (Phi) is 6.07. The first kappa shape index (κ1) is 22.7. The van der Waals surface area contributed by atoms with Crippen LogP contribution in [0.4, 0.5) is 5.69 Å². The van der Waals surface area contributed by atoms with E-state index in [1.165, 1.54) is 18.3 Å². The van der Waals surface area contributed by atoms with Crippen molar-refractivity contribution in [2.45, 2.75) is 6.92 Å². The summed E-state index contributed by atoms with van der Waals surface area (Å²) in [6.45, 7) is 2.01. The highest BCUT2D eigenvalue weighted by Crippen LogP contribution is 2.28. The second-order valence-electron chi connectivity index (χ2n) is 8.28. The van der Waals surface area contributed by atoms with Crippen LogP contribution in [0.25, 0.3) is 27.7 Å². The van der Waals surface area contributed by atoms with Gasteiger partial charge in [0, 0.05) is 23.3 Å². The molecular formula is C28H21N5O3. The Bertz CT molecular complexity index is 1620. The summed E-state index contributed by atoms with van der Waals surface area (Å²) in [6, 6.07) is 29.8. The molecule has 0 radical (unpaired) electrons. The van der Waals surface area contributed by atoms with Gasteiger partial charge in [-0.1, -0.05) is 66.2 Å². The van der Waals surface area contributed by atoms with Crippen molar-refractivity contribution < 1.29 is 9.72 Å². The van der Waals surface area contributed by atoms with Crippen molar-refractivity contribution in [3.8, 4) is 16.9 Å². The van der Waals surface area contributed by atoms with Gasteiger partial charge < -0.3 is 0 Å². The lowest BCUT2D eigenvalue weighted by molar-refractivity contribution is -0.384.